The Labute approximate surface area is 122 Å². The molecule has 15 heavy (non-hydrogen) atoms. The molecule has 0 aliphatic heterocycles. The minimum absolute atomic E-state index is 0. The molecule has 0 spiro atoms. The summed E-state index contributed by atoms with van der Waals surface area (Å²) in [5, 5.41) is 0. The Kier molecular flexibility index (Phi) is 8.35. The molecule has 0 bridgehead atoms. The SMILES string of the molecule is CC1=C(C)[CH]([Ti+3])c2ccccc21.[Cl-].[Cl-].[Cl-]. The summed E-state index contributed by atoms with van der Waals surface area (Å²) in [4.78, 5) is 0. The quantitative estimate of drug-likeness (QED) is 0.419. The van der Waals surface area contributed by atoms with Crippen LogP contribution in [-0.2, 0) is 20.4 Å². The Balaban J connectivity index is 0. The van der Waals surface area contributed by atoms with Gasteiger partial charge in [-0.3, -0.25) is 0 Å². The van der Waals surface area contributed by atoms with Crippen molar-refractivity contribution in [2.75, 3.05) is 0 Å². The fourth-order valence-corrected chi connectivity index (χ4v) is 2.48. The van der Waals surface area contributed by atoms with Gasteiger partial charge in [-0.05, 0) is 0 Å². The Bertz CT molecular complexity index is 361. The molecule has 80 valence electrons. The molecule has 1 aliphatic carbocycles. The van der Waals surface area contributed by atoms with E-state index in [1.54, 1.807) is 0 Å². The minimum atomic E-state index is 0. The van der Waals surface area contributed by atoms with Crippen LogP contribution in [-0.4, -0.2) is 0 Å². The van der Waals surface area contributed by atoms with Gasteiger partial charge in [0.05, 0.1) is 0 Å². The maximum atomic E-state index is 2.28. The first kappa shape index (κ1) is 17.9. The third kappa shape index (κ3) is 3.02. The summed E-state index contributed by atoms with van der Waals surface area (Å²) in [6.07, 6.45) is 0. The summed E-state index contributed by atoms with van der Waals surface area (Å²) in [5.74, 6) is 0. The first-order valence-corrected chi connectivity index (χ1v) is 5.09. The molecule has 1 aromatic carbocycles. The summed E-state index contributed by atoms with van der Waals surface area (Å²) in [6.45, 7) is 4.46. The van der Waals surface area contributed by atoms with Gasteiger partial charge >= 0.3 is 85.0 Å². The van der Waals surface area contributed by atoms with Gasteiger partial charge in [0, 0.05) is 0 Å². The van der Waals surface area contributed by atoms with Gasteiger partial charge in [-0.1, -0.05) is 0 Å². The van der Waals surface area contributed by atoms with E-state index in [0.29, 0.717) is 4.22 Å². The van der Waals surface area contributed by atoms with Crippen molar-refractivity contribution in [1.29, 1.82) is 0 Å². The van der Waals surface area contributed by atoms with Crippen molar-refractivity contribution < 1.29 is 57.7 Å². The van der Waals surface area contributed by atoms with E-state index in [9.17, 15) is 0 Å². The Hall–Kier alpha value is 0.544. The van der Waals surface area contributed by atoms with Crippen molar-refractivity contribution in [2.24, 2.45) is 0 Å². The van der Waals surface area contributed by atoms with Crippen molar-refractivity contribution in [3.63, 3.8) is 0 Å². The number of fused-ring (bicyclic) bond motifs is 1. The van der Waals surface area contributed by atoms with Crippen LogP contribution in [0.3, 0.4) is 0 Å². The zero-order chi connectivity index (χ0) is 8.72. The molecule has 1 unspecified atom stereocenters. The second-order valence-corrected chi connectivity index (χ2v) is 4.23. The molecule has 2 rings (SSSR count). The number of rotatable bonds is 0. The van der Waals surface area contributed by atoms with Gasteiger partial charge in [-0.2, -0.15) is 0 Å². The first-order chi connectivity index (χ1) is 5.72. The largest absolute Gasteiger partial charge is 1.00 e. The predicted octanol–water partition coefficient (Wildman–Crippen LogP) is -5.91. The summed E-state index contributed by atoms with van der Waals surface area (Å²) in [5.41, 5.74) is 5.93. The number of allylic oxidation sites excluding steroid dienone is 2. The summed E-state index contributed by atoms with van der Waals surface area (Å²) in [7, 11) is 0. The van der Waals surface area contributed by atoms with Crippen LogP contribution in [0.2, 0.25) is 0 Å². The second kappa shape index (κ2) is 6.98. The Morgan fingerprint density at radius 3 is 2.07 bits per heavy atom. The van der Waals surface area contributed by atoms with Crippen LogP contribution in [0.15, 0.2) is 29.8 Å². The number of hydrogen-bond acceptors (Lipinski definition) is 0. The zero-order valence-electron chi connectivity index (χ0n) is 8.52. The van der Waals surface area contributed by atoms with Crippen molar-refractivity contribution in [2.45, 2.75) is 18.1 Å². The molecular formula is C11H11Cl3Ti. The van der Waals surface area contributed by atoms with Gasteiger partial charge in [-0.15, -0.1) is 0 Å². The average Bonchev–Trinajstić information content (AvgIpc) is 2.33. The van der Waals surface area contributed by atoms with Gasteiger partial charge in [0.2, 0.25) is 0 Å². The number of benzene rings is 1. The molecule has 0 N–H and O–H groups in total. The third-order valence-electron chi connectivity index (χ3n) is 2.70. The van der Waals surface area contributed by atoms with E-state index >= 15 is 0 Å². The van der Waals surface area contributed by atoms with Crippen molar-refractivity contribution in [1.82, 2.24) is 0 Å². The molecule has 0 heterocycles. The van der Waals surface area contributed by atoms with Crippen molar-refractivity contribution >= 4 is 5.57 Å². The average molecular weight is 297 g/mol. The standard InChI is InChI=1S/C11H11.3ClH.Ti/c1-8-7-10-5-3-4-6-11(10)9(8)2;;;;/h3-7H,1-2H3;3*1H;/q;;;;+3/p-3. The Morgan fingerprint density at radius 2 is 1.53 bits per heavy atom. The Morgan fingerprint density at radius 1 is 1.00 bits per heavy atom. The first-order valence-electron chi connectivity index (χ1n) is 4.19. The summed E-state index contributed by atoms with van der Waals surface area (Å²) >= 11 is 2.28. The molecule has 1 aromatic rings. The van der Waals surface area contributed by atoms with E-state index < -0.39 is 0 Å². The van der Waals surface area contributed by atoms with Crippen LogP contribution < -0.4 is 37.2 Å². The van der Waals surface area contributed by atoms with E-state index in [4.69, 9.17) is 0 Å². The molecule has 0 amide bonds. The van der Waals surface area contributed by atoms with Crippen LogP contribution in [0.5, 0.6) is 0 Å². The maximum Gasteiger partial charge on any atom is -1.00 e. The molecule has 4 heteroatoms. The van der Waals surface area contributed by atoms with Gasteiger partial charge in [-0.25, -0.2) is 0 Å². The molecule has 0 nitrogen and oxygen atoms in total. The van der Waals surface area contributed by atoms with Gasteiger partial charge < -0.3 is 37.2 Å². The topological polar surface area (TPSA) is 0 Å². The molecule has 1 aliphatic rings. The van der Waals surface area contributed by atoms with E-state index in [1.807, 2.05) is 0 Å². The van der Waals surface area contributed by atoms with E-state index in [2.05, 4.69) is 58.5 Å². The molecule has 0 saturated heterocycles. The normalized spacial score (nSPS) is 17.2. The predicted molar refractivity (Wildman–Crippen MR) is 47.5 cm³/mol. The molecular weight excluding hydrogens is 286 g/mol. The van der Waals surface area contributed by atoms with Crippen LogP contribution in [0.25, 0.3) is 5.57 Å². The number of halogens is 3. The summed E-state index contributed by atoms with van der Waals surface area (Å²) < 4.78 is 0.626. The van der Waals surface area contributed by atoms with Gasteiger partial charge in [0.1, 0.15) is 0 Å². The maximum absolute atomic E-state index is 2.28. The van der Waals surface area contributed by atoms with Gasteiger partial charge in [0.15, 0.2) is 0 Å². The molecule has 1 atom stereocenters. The zero-order valence-corrected chi connectivity index (χ0v) is 12.3. The fourth-order valence-electron chi connectivity index (χ4n) is 1.75. The molecule has 0 fully saturated rings. The van der Waals surface area contributed by atoms with Crippen LogP contribution in [0.4, 0.5) is 0 Å². The molecule has 0 radical (unpaired) electrons. The fraction of sp³-hybridized carbons (Fsp3) is 0.273. The smallest absolute Gasteiger partial charge is 1.00 e. The van der Waals surface area contributed by atoms with E-state index in [0.717, 1.165) is 0 Å². The van der Waals surface area contributed by atoms with Crippen LogP contribution in [0, 0.1) is 0 Å². The molecule has 0 aromatic heterocycles. The van der Waals surface area contributed by atoms with Gasteiger partial charge in [0.25, 0.3) is 0 Å². The van der Waals surface area contributed by atoms with Crippen molar-refractivity contribution in [3.8, 4) is 0 Å². The second-order valence-electron chi connectivity index (χ2n) is 3.33. The monoisotopic (exact) mass is 296 g/mol. The number of hydrogen-bond donors (Lipinski definition) is 0. The van der Waals surface area contributed by atoms with E-state index in [-0.39, 0.29) is 37.2 Å². The van der Waals surface area contributed by atoms with Crippen molar-refractivity contribution in [3.05, 3.63) is 41.0 Å². The van der Waals surface area contributed by atoms with E-state index in [1.165, 1.54) is 22.3 Å². The van der Waals surface area contributed by atoms with Crippen LogP contribution in [0.1, 0.15) is 29.2 Å². The van der Waals surface area contributed by atoms with Crippen LogP contribution >= 0.6 is 0 Å². The summed E-state index contributed by atoms with van der Waals surface area (Å²) in [6, 6.07) is 8.70. The third-order valence-corrected chi connectivity index (χ3v) is 3.86. The molecule has 0 saturated carbocycles. The minimum Gasteiger partial charge on any atom is -1.00 e.